The minimum absolute atomic E-state index is 0.146. The van der Waals surface area contributed by atoms with Gasteiger partial charge in [-0.2, -0.15) is 0 Å². The van der Waals surface area contributed by atoms with Gasteiger partial charge in [0.25, 0.3) is 0 Å². The highest BCUT2D eigenvalue weighted by molar-refractivity contribution is 6.29. The van der Waals surface area contributed by atoms with E-state index in [1.54, 1.807) is 25.4 Å². The van der Waals surface area contributed by atoms with Crippen LogP contribution in [0.2, 0.25) is 5.15 Å². The SMILES string of the molecule is COCCC(C)C(O)c1ccc(Cl)nc1. The molecule has 0 aliphatic heterocycles. The maximum absolute atomic E-state index is 9.97. The summed E-state index contributed by atoms with van der Waals surface area (Å²) < 4.78 is 4.97. The van der Waals surface area contributed by atoms with Crippen LogP contribution in [-0.4, -0.2) is 23.8 Å². The lowest BCUT2D eigenvalue weighted by Crippen LogP contribution is -2.11. The summed E-state index contributed by atoms with van der Waals surface area (Å²) in [4.78, 5) is 3.94. The predicted molar refractivity (Wildman–Crippen MR) is 59.9 cm³/mol. The van der Waals surface area contributed by atoms with Gasteiger partial charge in [0.15, 0.2) is 0 Å². The summed E-state index contributed by atoms with van der Waals surface area (Å²) in [5.74, 6) is 0.146. The number of halogens is 1. The molecule has 0 aromatic carbocycles. The second-order valence-electron chi connectivity index (χ2n) is 3.62. The summed E-state index contributed by atoms with van der Waals surface area (Å²) in [6.07, 6.45) is 1.92. The van der Waals surface area contributed by atoms with Crippen LogP contribution in [0.3, 0.4) is 0 Å². The van der Waals surface area contributed by atoms with Crippen LogP contribution in [-0.2, 0) is 4.74 Å². The molecular formula is C11H16ClNO2. The molecule has 0 aliphatic rings. The molecule has 1 aromatic heterocycles. The second kappa shape index (κ2) is 6.05. The molecule has 1 aromatic rings. The molecule has 1 heterocycles. The smallest absolute Gasteiger partial charge is 0.129 e. The van der Waals surface area contributed by atoms with E-state index < -0.39 is 6.10 Å². The van der Waals surface area contributed by atoms with Crippen molar-refractivity contribution in [2.45, 2.75) is 19.4 Å². The van der Waals surface area contributed by atoms with Crippen molar-refractivity contribution in [1.29, 1.82) is 0 Å². The average molecular weight is 230 g/mol. The molecule has 0 fully saturated rings. The molecule has 0 radical (unpaired) electrons. The largest absolute Gasteiger partial charge is 0.388 e. The van der Waals surface area contributed by atoms with Crippen molar-refractivity contribution in [1.82, 2.24) is 4.98 Å². The third-order valence-electron chi connectivity index (χ3n) is 2.41. The first-order chi connectivity index (χ1) is 7.15. The molecule has 4 heteroatoms. The Balaban J connectivity index is 2.59. The molecule has 0 bridgehead atoms. The van der Waals surface area contributed by atoms with E-state index in [0.29, 0.717) is 11.8 Å². The van der Waals surface area contributed by atoms with Crippen LogP contribution in [0.25, 0.3) is 0 Å². The van der Waals surface area contributed by atoms with Crippen LogP contribution in [0, 0.1) is 5.92 Å². The zero-order valence-electron chi connectivity index (χ0n) is 8.98. The van der Waals surface area contributed by atoms with Crippen LogP contribution in [0.4, 0.5) is 0 Å². The van der Waals surface area contributed by atoms with E-state index in [1.165, 1.54) is 0 Å². The molecule has 0 saturated heterocycles. The van der Waals surface area contributed by atoms with Crippen LogP contribution in [0.15, 0.2) is 18.3 Å². The van der Waals surface area contributed by atoms with E-state index >= 15 is 0 Å². The lowest BCUT2D eigenvalue weighted by molar-refractivity contribution is 0.0884. The third kappa shape index (κ3) is 3.78. The van der Waals surface area contributed by atoms with Gasteiger partial charge in [-0.25, -0.2) is 4.98 Å². The van der Waals surface area contributed by atoms with Crippen molar-refractivity contribution in [2.75, 3.05) is 13.7 Å². The van der Waals surface area contributed by atoms with Gasteiger partial charge in [0.2, 0.25) is 0 Å². The Labute approximate surface area is 95.1 Å². The molecule has 1 N–H and O–H groups in total. The molecule has 3 nitrogen and oxygen atoms in total. The van der Waals surface area contributed by atoms with E-state index in [0.717, 1.165) is 12.0 Å². The molecule has 84 valence electrons. The Hall–Kier alpha value is -0.640. The van der Waals surface area contributed by atoms with E-state index in [1.807, 2.05) is 6.92 Å². The Morgan fingerprint density at radius 2 is 2.27 bits per heavy atom. The highest BCUT2D eigenvalue weighted by atomic mass is 35.5. The van der Waals surface area contributed by atoms with Gasteiger partial charge in [0, 0.05) is 19.9 Å². The maximum atomic E-state index is 9.97. The normalized spacial score (nSPS) is 14.9. The van der Waals surface area contributed by atoms with E-state index in [-0.39, 0.29) is 5.92 Å². The summed E-state index contributed by atoms with van der Waals surface area (Å²) in [7, 11) is 1.66. The summed E-state index contributed by atoms with van der Waals surface area (Å²) in [5.41, 5.74) is 0.794. The number of hydrogen-bond donors (Lipinski definition) is 1. The van der Waals surface area contributed by atoms with Crippen molar-refractivity contribution in [3.05, 3.63) is 29.0 Å². The van der Waals surface area contributed by atoms with Gasteiger partial charge in [0.1, 0.15) is 5.15 Å². The number of aromatic nitrogens is 1. The van der Waals surface area contributed by atoms with E-state index in [2.05, 4.69) is 4.98 Å². The van der Waals surface area contributed by atoms with Gasteiger partial charge in [-0.1, -0.05) is 24.6 Å². The molecule has 15 heavy (non-hydrogen) atoms. The Morgan fingerprint density at radius 1 is 1.53 bits per heavy atom. The Kier molecular flexibility index (Phi) is 5.02. The summed E-state index contributed by atoms with van der Waals surface area (Å²) in [6.45, 7) is 2.64. The molecule has 0 amide bonds. The van der Waals surface area contributed by atoms with Crippen LogP contribution in [0.5, 0.6) is 0 Å². The van der Waals surface area contributed by atoms with Crippen molar-refractivity contribution < 1.29 is 9.84 Å². The molecule has 2 unspecified atom stereocenters. The zero-order chi connectivity index (χ0) is 11.3. The number of nitrogens with zero attached hydrogens (tertiary/aromatic N) is 1. The van der Waals surface area contributed by atoms with Gasteiger partial charge in [-0.3, -0.25) is 0 Å². The molecular weight excluding hydrogens is 214 g/mol. The fourth-order valence-electron chi connectivity index (χ4n) is 1.35. The predicted octanol–water partition coefficient (Wildman–Crippen LogP) is 2.44. The number of hydrogen-bond acceptors (Lipinski definition) is 3. The van der Waals surface area contributed by atoms with Crippen molar-refractivity contribution in [3.8, 4) is 0 Å². The van der Waals surface area contributed by atoms with Gasteiger partial charge >= 0.3 is 0 Å². The number of aliphatic hydroxyl groups is 1. The molecule has 0 spiro atoms. The first kappa shape index (κ1) is 12.4. The maximum Gasteiger partial charge on any atom is 0.129 e. The summed E-state index contributed by atoms with van der Waals surface area (Å²) in [6, 6.07) is 3.48. The number of methoxy groups -OCH3 is 1. The van der Waals surface area contributed by atoms with Crippen molar-refractivity contribution in [3.63, 3.8) is 0 Å². The van der Waals surface area contributed by atoms with Crippen molar-refractivity contribution >= 4 is 11.6 Å². The number of rotatable bonds is 5. The average Bonchev–Trinajstić information content (AvgIpc) is 2.26. The van der Waals surface area contributed by atoms with Gasteiger partial charge in [-0.05, 0) is 24.0 Å². The fourth-order valence-corrected chi connectivity index (χ4v) is 1.46. The first-order valence-corrected chi connectivity index (χ1v) is 5.31. The fraction of sp³-hybridized carbons (Fsp3) is 0.545. The molecule has 2 atom stereocenters. The van der Waals surface area contributed by atoms with Crippen LogP contribution in [0.1, 0.15) is 25.0 Å². The lowest BCUT2D eigenvalue weighted by atomic mass is 9.96. The minimum Gasteiger partial charge on any atom is -0.388 e. The van der Waals surface area contributed by atoms with Crippen molar-refractivity contribution in [2.24, 2.45) is 5.92 Å². The minimum atomic E-state index is -0.509. The Bertz CT molecular complexity index is 289. The van der Waals surface area contributed by atoms with Gasteiger partial charge < -0.3 is 9.84 Å². The summed E-state index contributed by atoms with van der Waals surface area (Å²) in [5, 5.41) is 10.4. The topological polar surface area (TPSA) is 42.4 Å². The van der Waals surface area contributed by atoms with E-state index in [9.17, 15) is 5.11 Å². The number of ether oxygens (including phenoxy) is 1. The molecule has 0 saturated carbocycles. The zero-order valence-corrected chi connectivity index (χ0v) is 9.74. The number of aliphatic hydroxyl groups excluding tert-OH is 1. The van der Waals surface area contributed by atoms with Crippen LogP contribution < -0.4 is 0 Å². The summed E-state index contributed by atoms with van der Waals surface area (Å²) >= 11 is 5.67. The second-order valence-corrected chi connectivity index (χ2v) is 4.01. The third-order valence-corrected chi connectivity index (χ3v) is 2.63. The van der Waals surface area contributed by atoms with Crippen LogP contribution >= 0.6 is 11.6 Å². The van der Waals surface area contributed by atoms with E-state index in [4.69, 9.17) is 16.3 Å². The standard InChI is InChI=1S/C11H16ClNO2/c1-8(5-6-15-2)11(14)9-3-4-10(12)13-7-9/h3-4,7-8,11,14H,5-6H2,1-2H3. The quantitative estimate of drug-likeness (QED) is 0.789. The Morgan fingerprint density at radius 3 is 2.80 bits per heavy atom. The van der Waals surface area contributed by atoms with Gasteiger partial charge in [0.05, 0.1) is 6.10 Å². The number of pyridine rings is 1. The highest BCUT2D eigenvalue weighted by Gasteiger charge is 2.16. The lowest BCUT2D eigenvalue weighted by Gasteiger charge is -2.18. The molecule has 0 aliphatic carbocycles. The van der Waals surface area contributed by atoms with Gasteiger partial charge in [-0.15, -0.1) is 0 Å². The monoisotopic (exact) mass is 229 g/mol. The highest BCUT2D eigenvalue weighted by Crippen LogP contribution is 2.24. The first-order valence-electron chi connectivity index (χ1n) is 4.93. The molecule has 1 rings (SSSR count).